The van der Waals surface area contributed by atoms with Crippen LogP contribution in [0.1, 0.15) is 40.0 Å². The van der Waals surface area contributed by atoms with Crippen molar-refractivity contribution in [3.05, 3.63) is 0 Å². The largest absolute Gasteiger partial charge is 0.481 e. The molecule has 0 spiro atoms. The number of aliphatic carboxylic acids is 1. The Kier molecular flexibility index (Phi) is 4.73. The van der Waals surface area contributed by atoms with Crippen molar-refractivity contribution in [3.63, 3.8) is 0 Å². The number of carboxylic acids is 1. The Labute approximate surface area is 109 Å². The quantitative estimate of drug-likeness (QED) is 0.820. The van der Waals surface area contributed by atoms with Crippen molar-refractivity contribution >= 4 is 11.9 Å². The number of likely N-dealkylation sites (N-methyl/N-ethyl adjacent to an activating group) is 1. The molecule has 1 aliphatic heterocycles. The predicted octanol–water partition coefficient (Wildman–Crippen LogP) is 1.18. The third-order valence-corrected chi connectivity index (χ3v) is 3.71. The van der Waals surface area contributed by atoms with Crippen molar-refractivity contribution in [3.8, 4) is 0 Å². The van der Waals surface area contributed by atoms with Crippen LogP contribution in [0, 0.1) is 0 Å². The molecule has 1 unspecified atom stereocenters. The Morgan fingerprint density at radius 2 is 2.11 bits per heavy atom. The maximum absolute atomic E-state index is 12.3. The van der Waals surface area contributed by atoms with Crippen molar-refractivity contribution in [2.75, 3.05) is 20.1 Å². The lowest BCUT2D eigenvalue weighted by Crippen LogP contribution is -2.53. The number of carbonyl (C=O) groups excluding carboxylic acids is 1. The van der Waals surface area contributed by atoms with Gasteiger partial charge in [-0.25, -0.2) is 0 Å². The average molecular weight is 256 g/mol. The maximum Gasteiger partial charge on any atom is 0.305 e. The molecule has 0 bridgehead atoms. The standard InChI is InChI=1S/C13H24N2O3/c1-5-7-15-10(9-11(16)17)12(18)14(4)8-6-13(15,2)3/h10H,5-9H2,1-4H3,(H,16,17). The highest BCUT2D eigenvalue weighted by atomic mass is 16.4. The van der Waals surface area contributed by atoms with E-state index in [4.69, 9.17) is 5.11 Å². The van der Waals surface area contributed by atoms with Crippen molar-refractivity contribution in [1.82, 2.24) is 9.80 Å². The van der Waals surface area contributed by atoms with Gasteiger partial charge in [0.2, 0.25) is 5.91 Å². The molecule has 0 aromatic carbocycles. The summed E-state index contributed by atoms with van der Waals surface area (Å²) in [5, 5.41) is 9.02. The molecule has 1 amide bonds. The number of rotatable bonds is 4. The van der Waals surface area contributed by atoms with Crippen molar-refractivity contribution in [2.45, 2.75) is 51.6 Å². The zero-order valence-electron chi connectivity index (χ0n) is 11.8. The second-order valence-corrected chi connectivity index (χ2v) is 5.63. The number of hydrogen-bond donors (Lipinski definition) is 1. The molecule has 0 aromatic rings. The van der Waals surface area contributed by atoms with Crippen LogP contribution in [0.3, 0.4) is 0 Å². The monoisotopic (exact) mass is 256 g/mol. The number of nitrogens with zero attached hydrogens (tertiary/aromatic N) is 2. The summed E-state index contributed by atoms with van der Waals surface area (Å²) in [6, 6.07) is -0.537. The molecule has 0 aromatic heterocycles. The molecule has 0 saturated carbocycles. The van der Waals surface area contributed by atoms with E-state index in [9.17, 15) is 9.59 Å². The van der Waals surface area contributed by atoms with E-state index in [1.54, 1.807) is 11.9 Å². The lowest BCUT2D eigenvalue weighted by Gasteiger charge is -2.40. The number of hydrogen-bond acceptors (Lipinski definition) is 3. The molecule has 1 heterocycles. The van der Waals surface area contributed by atoms with Gasteiger partial charge in [0.25, 0.3) is 0 Å². The van der Waals surface area contributed by atoms with E-state index in [1.807, 2.05) is 6.92 Å². The molecule has 1 saturated heterocycles. The maximum atomic E-state index is 12.3. The highest BCUT2D eigenvalue weighted by Gasteiger charge is 2.41. The fraction of sp³-hybridized carbons (Fsp3) is 0.846. The van der Waals surface area contributed by atoms with E-state index in [1.165, 1.54) is 0 Å². The van der Waals surface area contributed by atoms with Crippen LogP contribution < -0.4 is 0 Å². The number of amides is 1. The molecule has 1 atom stereocenters. The average Bonchev–Trinajstić information content (AvgIpc) is 2.34. The van der Waals surface area contributed by atoms with Crippen LogP contribution in [0.15, 0.2) is 0 Å². The molecule has 0 radical (unpaired) electrons. The summed E-state index contributed by atoms with van der Waals surface area (Å²) in [6.45, 7) is 7.66. The van der Waals surface area contributed by atoms with E-state index in [2.05, 4.69) is 18.7 Å². The zero-order valence-corrected chi connectivity index (χ0v) is 11.8. The first kappa shape index (κ1) is 15.0. The summed E-state index contributed by atoms with van der Waals surface area (Å²) in [7, 11) is 1.75. The van der Waals surface area contributed by atoms with E-state index >= 15 is 0 Å². The normalized spacial score (nSPS) is 25.0. The van der Waals surface area contributed by atoms with Gasteiger partial charge in [-0.3, -0.25) is 14.5 Å². The van der Waals surface area contributed by atoms with Gasteiger partial charge in [-0.2, -0.15) is 0 Å². The second-order valence-electron chi connectivity index (χ2n) is 5.63. The summed E-state index contributed by atoms with van der Waals surface area (Å²) in [4.78, 5) is 27.0. The number of carboxylic acid groups (broad SMARTS) is 1. The number of carbonyl (C=O) groups is 2. The van der Waals surface area contributed by atoms with Gasteiger partial charge >= 0.3 is 5.97 Å². The van der Waals surface area contributed by atoms with Gasteiger partial charge in [0.1, 0.15) is 6.04 Å². The Morgan fingerprint density at radius 3 is 2.61 bits per heavy atom. The first-order chi connectivity index (χ1) is 8.29. The molecule has 1 fully saturated rings. The molecule has 104 valence electrons. The minimum absolute atomic E-state index is 0.0728. The Balaban J connectivity index is 3.06. The molecular weight excluding hydrogens is 232 g/mol. The molecule has 0 aliphatic carbocycles. The van der Waals surface area contributed by atoms with Crippen LogP contribution in [0.5, 0.6) is 0 Å². The molecule has 1 rings (SSSR count). The fourth-order valence-corrected chi connectivity index (χ4v) is 2.57. The predicted molar refractivity (Wildman–Crippen MR) is 69.4 cm³/mol. The van der Waals surface area contributed by atoms with Crippen molar-refractivity contribution < 1.29 is 14.7 Å². The zero-order chi connectivity index (χ0) is 13.9. The van der Waals surface area contributed by atoms with E-state index in [0.717, 1.165) is 19.4 Å². The van der Waals surface area contributed by atoms with Gasteiger partial charge in [-0.05, 0) is 33.2 Å². The summed E-state index contributed by atoms with van der Waals surface area (Å²) in [5.41, 5.74) is -0.142. The van der Waals surface area contributed by atoms with Crippen LogP contribution >= 0.6 is 0 Å². The van der Waals surface area contributed by atoms with Gasteiger partial charge in [0.05, 0.1) is 6.42 Å². The summed E-state index contributed by atoms with van der Waals surface area (Å²) >= 11 is 0. The third-order valence-electron chi connectivity index (χ3n) is 3.71. The van der Waals surface area contributed by atoms with E-state index < -0.39 is 12.0 Å². The molecular formula is C13H24N2O3. The second kappa shape index (κ2) is 5.69. The summed E-state index contributed by atoms with van der Waals surface area (Å²) < 4.78 is 0. The molecule has 1 N–H and O–H groups in total. The highest BCUT2D eigenvalue weighted by molar-refractivity contribution is 5.86. The molecule has 1 aliphatic rings. The lowest BCUT2D eigenvalue weighted by molar-refractivity contribution is -0.145. The van der Waals surface area contributed by atoms with Crippen LogP contribution in [-0.2, 0) is 9.59 Å². The minimum Gasteiger partial charge on any atom is -0.481 e. The highest BCUT2D eigenvalue weighted by Crippen LogP contribution is 2.28. The van der Waals surface area contributed by atoms with Gasteiger partial charge in [-0.15, -0.1) is 0 Å². The van der Waals surface area contributed by atoms with Crippen molar-refractivity contribution in [2.24, 2.45) is 0 Å². The van der Waals surface area contributed by atoms with Gasteiger partial charge in [0.15, 0.2) is 0 Å². The molecule has 5 heteroatoms. The van der Waals surface area contributed by atoms with Crippen LogP contribution in [-0.4, -0.2) is 58.5 Å². The first-order valence-electron chi connectivity index (χ1n) is 6.53. The van der Waals surface area contributed by atoms with Gasteiger partial charge in [-0.1, -0.05) is 6.92 Å². The van der Waals surface area contributed by atoms with Gasteiger partial charge in [0, 0.05) is 19.1 Å². The third kappa shape index (κ3) is 3.22. The van der Waals surface area contributed by atoms with Crippen LogP contribution in [0.2, 0.25) is 0 Å². The van der Waals surface area contributed by atoms with Gasteiger partial charge < -0.3 is 10.0 Å². The van der Waals surface area contributed by atoms with Crippen LogP contribution in [0.25, 0.3) is 0 Å². The Morgan fingerprint density at radius 1 is 1.50 bits per heavy atom. The Bertz CT molecular complexity index is 328. The van der Waals surface area contributed by atoms with E-state index in [0.29, 0.717) is 6.54 Å². The summed E-state index contributed by atoms with van der Waals surface area (Å²) in [6.07, 6.45) is 1.66. The van der Waals surface area contributed by atoms with Crippen LogP contribution in [0.4, 0.5) is 0 Å². The Hall–Kier alpha value is -1.10. The smallest absolute Gasteiger partial charge is 0.305 e. The molecule has 5 nitrogen and oxygen atoms in total. The SMILES string of the molecule is CCCN1C(CC(=O)O)C(=O)N(C)CCC1(C)C. The lowest BCUT2D eigenvalue weighted by atomic mass is 9.95. The molecule has 18 heavy (non-hydrogen) atoms. The minimum atomic E-state index is -0.916. The fourth-order valence-electron chi connectivity index (χ4n) is 2.57. The van der Waals surface area contributed by atoms with E-state index in [-0.39, 0.29) is 17.9 Å². The summed E-state index contributed by atoms with van der Waals surface area (Å²) in [5.74, 6) is -0.989. The first-order valence-corrected chi connectivity index (χ1v) is 6.53. The van der Waals surface area contributed by atoms with Crippen molar-refractivity contribution in [1.29, 1.82) is 0 Å². The topological polar surface area (TPSA) is 60.9 Å².